The van der Waals surface area contributed by atoms with E-state index in [2.05, 4.69) is 27.9 Å². The number of aromatic hydroxyl groups is 1. The minimum Gasteiger partial charge on any atom is -0.506 e. The van der Waals surface area contributed by atoms with Gasteiger partial charge in [-0.15, -0.1) is 0 Å². The molecule has 5 nitrogen and oxygen atoms in total. The van der Waals surface area contributed by atoms with Gasteiger partial charge >= 0.3 is 0 Å². The van der Waals surface area contributed by atoms with E-state index in [9.17, 15) is 13.5 Å². The van der Waals surface area contributed by atoms with Gasteiger partial charge in [-0.2, -0.15) is 0 Å². The third-order valence-corrected chi connectivity index (χ3v) is 4.38. The number of primary sulfonamides is 1. The van der Waals surface area contributed by atoms with Gasteiger partial charge in [-0.3, -0.25) is 0 Å². The maximum absolute atomic E-state index is 11.6. The van der Waals surface area contributed by atoms with Gasteiger partial charge < -0.3 is 10.4 Å². The molecule has 0 saturated carbocycles. The molecule has 2 aromatic rings. The molecular weight excluding hydrogens is 391 g/mol. The van der Waals surface area contributed by atoms with Gasteiger partial charge in [0.25, 0.3) is 0 Å². The molecule has 0 unspecified atom stereocenters. The van der Waals surface area contributed by atoms with Crippen LogP contribution in [0.3, 0.4) is 0 Å². The predicted molar refractivity (Wildman–Crippen MR) is 86.7 cm³/mol. The number of halogens is 1. The van der Waals surface area contributed by atoms with E-state index in [0.717, 1.165) is 9.13 Å². The zero-order chi connectivity index (χ0) is 14.9. The molecule has 0 heterocycles. The average molecular weight is 404 g/mol. The Bertz CT molecular complexity index is 760. The van der Waals surface area contributed by atoms with Crippen LogP contribution in [0.5, 0.6) is 5.75 Å². The van der Waals surface area contributed by atoms with E-state index in [1.165, 1.54) is 18.2 Å². The van der Waals surface area contributed by atoms with Crippen molar-refractivity contribution in [3.05, 3.63) is 45.5 Å². The summed E-state index contributed by atoms with van der Waals surface area (Å²) in [6.07, 6.45) is 0. The summed E-state index contributed by atoms with van der Waals surface area (Å²) >= 11 is 2.19. The highest BCUT2D eigenvalue weighted by molar-refractivity contribution is 14.1. The Morgan fingerprint density at radius 2 is 1.95 bits per heavy atom. The quantitative estimate of drug-likeness (QED) is 0.542. The molecule has 4 N–H and O–H groups in total. The summed E-state index contributed by atoms with van der Waals surface area (Å²) in [5.41, 5.74) is 1.72. The van der Waals surface area contributed by atoms with Crippen LogP contribution >= 0.6 is 22.6 Å². The van der Waals surface area contributed by atoms with Crippen molar-refractivity contribution in [2.24, 2.45) is 5.14 Å². The molecule has 2 rings (SSSR count). The predicted octanol–water partition coefficient (Wildman–Crippen LogP) is 2.70. The summed E-state index contributed by atoms with van der Waals surface area (Å²) in [5.74, 6) is -0.172. The number of aryl methyl sites for hydroxylation is 1. The van der Waals surface area contributed by atoms with E-state index in [0.29, 0.717) is 5.69 Å². The highest BCUT2D eigenvalue weighted by atomic mass is 127. The molecule has 0 bridgehead atoms. The number of rotatable bonds is 3. The van der Waals surface area contributed by atoms with E-state index < -0.39 is 10.0 Å². The molecule has 0 aliphatic rings. The van der Waals surface area contributed by atoms with Crippen LogP contribution in [0, 0.1) is 10.5 Å². The second kappa shape index (κ2) is 5.58. The zero-order valence-corrected chi connectivity index (χ0v) is 13.6. The molecule has 0 aliphatic heterocycles. The van der Waals surface area contributed by atoms with Crippen molar-refractivity contribution < 1.29 is 13.5 Å². The highest BCUT2D eigenvalue weighted by Crippen LogP contribution is 2.33. The number of phenolic OH excluding ortho intramolecular Hbond substituents is 1. The number of hydrogen-bond acceptors (Lipinski definition) is 4. The highest BCUT2D eigenvalue weighted by Gasteiger charge is 2.17. The number of hydrogen-bond donors (Lipinski definition) is 3. The van der Waals surface area contributed by atoms with Gasteiger partial charge in [0.15, 0.2) is 0 Å². The molecule has 0 spiro atoms. The SMILES string of the molecule is Cc1cc(I)ccc1Nc1c(O)cccc1S(N)(=O)=O. The lowest BCUT2D eigenvalue weighted by molar-refractivity contribution is 0.476. The fraction of sp³-hybridized carbons (Fsp3) is 0.0769. The second-order valence-electron chi connectivity index (χ2n) is 4.28. The lowest BCUT2D eigenvalue weighted by Crippen LogP contribution is -2.14. The molecule has 0 saturated heterocycles. The van der Waals surface area contributed by atoms with Crippen LogP contribution in [-0.2, 0) is 10.0 Å². The fourth-order valence-corrected chi connectivity index (χ4v) is 3.14. The molecule has 0 aliphatic carbocycles. The van der Waals surface area contributed by atoms with Crippen LogP contribution in [0.2, 0.25) is 0 Å². The van der Waals surface area contributed by atoms with E-state index in [4.69, 9.17) is 5.14 Å². The Labute approximate surface area is 131 Å². The van der Waals surface area contributed by atoms with Crippen molar-refractivity contribution in [2.45, 2.75) is 11.8 Å². The molecule has 0 aromatic heterocycles. The van der Waals surface area contributed by atoms with Gasteiger partial charge in [-0.1, -0.05) is 6.07 Å². The molecular formula is C13H13IN2O3S. The zero-order valence-electron chi connectivity index (χ0n) is 10.6. The van der Waals surface area contributed by atoms with Crippen molar-refractivity contribution in [2.75, 3.05) is 5.32 Å². The largest absolute Gasteiger partial charge is 0.506 e. The van der Waals surface area contributed by atoms with Crippen LogP contribution in [0.15, 0.2) is 41.3 Å². The molecule has 0 amide bonds. The first-order chi connectivity index (χ1) is 9.29. The van der Waals surface area contributed by atoms with E-state index in [1.807, 2.05) is 25.1 Å². The number of sulfonamides is 1. The van der Waals surface area contributed by atoms with E-state index in [1.54, 1.807) is 0 Å². The number of phenols is 1. The first-order valence-corrected chi connectivity index (χ1v) is 8.29. The lowest BCUT2D eigenvalue weighted by atomic mass is 10.2. The topological polar surface area (TPSA) is 92.4 Å². The lowest BCUT2D eigenvalue weighted by Gasteiger charge is -2.14. The molecule has 0 fully saturated rings. The van der Waals surface area contributed by atoms with E-state index >= 15 is 0 Å². The number of benzene rings is 2. The van der Waals surface area contributed by atoms with Gasteiger partial charge in [0.1, 0.15) is 16.3 Å². The van der Waals surface area contributed by atoms with Gasteiger partial charge in [0, 0.05) is 9.26 Å². The standard InChI is InChI=1S/C13H13IN2O3S/c1-8-7-9(14)5-6-10(8)16-13-11(17)3-2-4-12(13)20(15,18)19/h2-7,16-17H,1H3,(H2,15,18,19). The summed E-state index contributed by atoms with van der Waals surface area (Å²) in [6, 6.07) is 9.82. The van der Waals surface area contributed by atoms with Crippen molar-refractivity contribution >= 4 is 44.0 Å². The van der Waals surface area contributed by atoms with Crippen LogP contribution in [0.4, 0.5) is 11.4 Å². The molecule has 20 heavy (non-hydrogen) atoms. The maximum Gasteiger partial charge on any atom is 0.240 e. The Kier molecular flexibility index (Phi) is 4.21. The van der Waals surface area contributed by atoms with E-state index in [-0.39, 0.29) is 16.3 Å². The normalized spacial score (nSPS) is 11.3. The minimum atomic E-state index is -3.92. The van der Waals surface area contributed by atoms with Gasteiger partial charge in [-0.25, -0.2) is 13.6 Å². The first kappa shape index (κ1) is 15.1. The third-order valence-electron chi connectivity index (χ3n) is 2.76. The molecule has 7 heteroatoms. The third kappa shape index (κ3) is 3.22. The monoisotopic (exact) mass is 404 g/mol. The minimum absolute atomic E-state index is 0.0827. The molecule has 106 valence electrons. The fourth-order valence-electron chi connectivity index (χ4n) is 1.78. The molecule has 0 radical (unpaired) electrons. The van der Waals surface area contributed by atoms with Crippen molar-refractivity contribution in [3.8, 4) is 5.75 Å². The number of nitrogens with two attached hydrogens (primary N) is 1. The van der Waals surface area contributed by atoms with Gasteiger partial charge in [0.05, 0.1) is 0 Å². The molecule has 2 aromatic carbocycles. The summed E-state index contributed by atoms with van der Waals surface area (Å²) < 4.78 is 24.2. The van der Waals surface area contributed by atoms with Gasteiger partial charge in [0.2, 0.25) is 10.0 Å². The van der Waals surface area contributed by atoms with Crippen LogP contribution in [-0.4, -0.2) is 13.5 Å². The number of nitrogens with one attached hydrogen (secondary N) is 1. The summed E-state index contributed by atoms with van der Waals surface area (Å²) in [7, 11) is -3.92. The number of anilines is 2. The summed E-state index contributed by atoms with van der Waals surface area (Å²) in [5, 5.41) is 18.0. The van der Waals surface area contributed by atoms with Crippen LogP contribution in [0.1, 0.15) is 5.56 Å². The second-order valence-corrected chi connectivity index (χ2v) is 7.06. The van der Waals surface area contributed by atoms with Gasteiger partial charge in [-0.05, 0) is 65.4 Å². The first-order valence-electron chi connectivity index (χ1n) is 5.67. The maximum atomic E-state index is 11.6. The smallest absolute Gasteiger partial charge is 0.240 e. The van der Waals surface area contributed by atoms with Crippen LogP contribution in [0.25, 0.3) is 0 Å². The Morgan fingerprint density at radius 1 is 1.25 bits per heavy atom. The van der Waals surface area contributed by atoms with Crippen LogP contribution < -0.4 is 10.5 Å². The Morgan fingerprint density at radius 3 is 2.55 bits per heavy atom. The Balaban J connectivity index is 2.54. The van der Waals surface area contributed by atoms with Crippen molar-refractivity contribution in [1.82, 2.24) is 0 Å². The average Bonchev–Trinajstić information content (AvgIpc) is 2.33. The van der Waals surface area contributed by atoms with Crippen molar-refractivity contribution in [3.63, 3.8) is 0 Å². The van der Waals surface area contributed by atoms with Crippen molar-refractivity contribution in [1.29, 1.82) is 0 Å². The summed E-state index contributed by atoms with van der Waals surface area (Å²) in [6.45, 7) is 1.89. The molecule has 0 atom stereocenters. The number of para-hydroxylation sites is 1. The summed E-state index contributed by atoms with van der Waals surface area (Å²) in [4.78, 5) is -0.143. The Hall–Kier alpha value is -1.32.